The first-order valence-electron chi connectivity index (χ1n) is 5.97. The van der Waals surface area contributed by atoms with E-state index in [1.54, 1.807) is 18.3 Å². The average molecular weight is 245 g/mol. The average Bonchev–Trinajstić information content (AvgIpc) is 2.95. The van der Waals surface area contributed by atoms with Crippen LogP contribution in [0.4, 0.5) is 0 Å². The molecule has 1 aromatic heterocycles. The highest BCUT2D eigenvalue weighted by atomic mass is 32.1. The van der Waals surface area contributed by atoms with Crippen LogP contribution in [0.3, 0.4) is 0 Å². The molecule has 2 nitrogen and oxygen atoms in total. The molecular weight excluding hydrogens is 230 g/mol. The summed E-state index contributed by atoms with van der Waals surface area (Å²) in [5.74, 6) is 0.434. The number of hydrogen-bond donors (Lipinski definition) is 1. The number of thiazole rings is 1. The molecule has 2 aromatic rings. The lowest BCUT2D eigenvalue weighted by molar-refractivity contribution is 0.195. The molecule has 0 bridgehead atoms. The molecule has 1 N–H and O–H groups in total. The standard InChI is InChI=1S/C14H15NOS/c1-9(16)13-8-17-14(15-13)12-7-6-10-4-2-3-5-11(10)12/h2-5,8-9,12,16H,6-7H2,1H3. The maximum absolute atomic E-state index is 9.52. The molecule has 1 heterocycles. The van der Waals surface area contributed by atoms with Gasteiger partial charge in [0.05, 0.1) is 11.8 Å². The Hall–Kier alpha value is -1.19. The van der Waals surface area contributed by atoms with E-state index in [-0.39, 0.29) is 0 Å². The van der Waals surface area contributed by atoms with E-state index >= 15 is 0 Å². The van der Waals surface area contributed by atoms with Gasteiger partial charge in [-0.05, 0) is 30.9 Å². The van der Waals surface area contributed by atoms with Gasteiger partial charge >= 0.3 is 0 Å². The molecule has 0 aliphatic heterocycles. The van der Waals surface area contributed by atoms with Crippen molar-refractivity contribution in [1.29, 1.82) is 0 Å². The minimum absolute atomic E-state index is 0.434. The number of fused-ring (bicyclic) bond motifs is 1. The molecule has 1 aromatic carbocycles. The zero-order chi connectivity index (χ0) is 11.8. The van der Waals surface area contributed by atoms with Crippen LogP contribution in [0.2, 0.25) is 0 Å². The van der Waals surface area contributed by atoms with Crippen molar-refractivity contribution in [3.63, 3.8) is 0 Å². The van der Waals surface area contributed by atoms with Crippen molar-refractivity contribution < 1.29 is 5.11 Å². The summed E-state index contributed by atoms with van der Waals surface area (Å²) in [7, 11) is 0. The Bertz CT molecular complexity index is 533. The third-order valence-corrected chi connectivity index (χ3v) is 4.38. The van der Waals surface area contributed by atoms with Gasteiger partial charge in [-0.2, -0.15) is 0 Å². The van der Waals surface area contributed by atoms with Crippen LogP contribution in [-0.4, -0.2) is 10.1 Å². The second-order valence-corrected chi connectivity index (χ2v) is 5.47. The highest BCUT2D eigenvalue weighted by Gasteiger charge is 2.26. The van der Waals surface area contributed by atoms with Gasteiger partial charge < -0.3 is 5.11 Å². The lowest BCUT2D eigenvalue weighted by Gasteiger charge is -2.07. The Labute approximate surface area is 105 Å². The van der Waals surface area contributed by atoms with Gasteiger partial charge in [0.1, 0.15) is 5.01 Å². The van der Waals surface area contributed by atoms with E-state index in [0.717, 1.165) is 23.5 Å². The summed E-state index contributed by atoms with van der Waals surface area (Å²) in [5.41, 5.74) is 3.67. The minimum atomic E-state index is -0.461. The Morgan fingerprint density at radius 2 is 2.24 bits per heavy atom. The first kappa shape index (κ1) is 10.9. The molecule has 3 rings (SSSR count). The summed E-state index contributed by atoms with van der Waals surface area (Å²) in [5, 5.41) is 12.6. The van der Waals surface area contributed by atoms with Crippen LogP contribution >= 0.6 is 11.3 Å². The second kappa shape index (κ2) is 4.24. The molecule has 1 aliphatic carbocycles. The smallest absolute Gasteiger partial charge is 0.100 e. The monoisotopic (exact) mass is 245 g/mol. The maximum Gasteiger partial charge on any atom is 0.100 e. The quantitative estimate of drug-likeness (QED) is 0.880. The maximum atomic E-state index is 9.52. The van der Waals surface area contributed by atoms with Crippen LogP contribution in [0.15, 0.2) is 29.6 Å². The zero-order valence-corrected chi connectivity index (χ0v) is 10.6. The predicted octanol–water partition coefficient (Wildman–Crippen LogP) is 3.27. The fraction of sp³-hybridized carbons (Fsp3) is 0.357. The number of rotatable bonds is 2. The Morgan fingerprint density at radius 1 is 1.41 bits per heavy atom. The topological polar surface area (TPSA) is 33.1 Å². The van der Waals surface area contributed by atoms with Gasteiger partial charge in [-0.25, -0.2) is 4.98 Å². The van der Waals surface area contributed by atoms with Crippen LogP contribution in [0, 0.1) is 0 Å². The lowest BCUT2D eigenvalue weighted by atomic mass is 10.0. The summed E-state index contributed by atoms with van der Waals surface area (Å²) in [6.45, 7) is 1.77. The van der Waals surface area contributed by atoms with E-state index in [4.69, 9.17) is 0 Å². The highest BCUT2D eigenvalue weighted by molar-refractivity contribution is 7.09. The van der Waals surface area contributed by atoms with Crippen LogP contribution in [-0.2, 0) is 6.42 Å². The third kappa shape index (κ3) is 1.90. The van der Waals surface area contributed by atoms with Crippen molar-refractivity contribution in [2.24, 2.45) is 0 Å². The van der Waals surface area contributed by atoms with Gasteiger partial charge in [0, 0.05) is 11.3 Å². The molecule has 0 saturated carbocycles. The molecule has 0 fully saturated rings. The highest BCUT2D eigenvalue weighted by Crippen LogP contribution is 2.39. The van der Waals surface area contributed by atoms with E-state index < -0.39 is 6.10 Å². The van der Waals surface area contributed by atoms with E-state index in [0.29, 0.717) is 5.92 Å². The molecule has 1 aliphatic rings. The van der Waals surface area contributed by atoms with Gasteiger partial charge in [-0.3, -0.25) is 0 Å². The molecule has 2 atom stereocenters. The number of nitrogens with zero attached hydrogens (tertiary/aromatic N) is 1. The SMILES string of the molecule is CC(O)c1csc(C2CCc3ccccc32)n1. The van der Waals surface area contributed by atoms with Crippen molar-refractivity contribution >= 4 is 11.3 Å². The third-order valence-electron chi connectivity index (χ3n) is 3.40. The van der Waals surface area contributed by atoms with Crippen LogP contribution in [0.25, 0.3) is 0 Å². The number of aliphatic hydroxyl groups excluding tert-OH is 1. The summed E-state index contributed by atoms with van der Waals surface area (Å²) in [6, 6.07) is 8.61. The number of aliphatic hydroxyl groups is 1. The van der Waals surface area contributed by atoms with Crippen molar-refractivity contribution in [2.45, 2.75) is 31.8 Å². The Balaban J connectivity index is 1.95. The minimum Gasteiger partial charge on any atom is -0.387 e. The molecule has 0 saturated heterocycles. The first-order valence-corrected chi connectivity index (χ1v) is 6.85. The number of aryl methyl sites for hydroxylation is 1. The molecule has 0 amide bonds. The normalized spacial score (nSPS) is 20.2. The zero-order valence-electron chi connectivity index (χ0n) is 9.76. The largest absolute Gasteiger partial charge is 0.387 e. The van der Waals surface area contributed by atoms with E-state index in [1.807, 2.05) is 5.38 Å². The van der Waals surface area contributed by atoms with Crippen molar-refractivity contribution in [2.75, 3.05) is 0 Å². The van der Waals surface area contributed by atoms with Gasteiger partial charge in [0.2, 0.25) is 0 Å². The second-order valence-electron chi connectivity index (χ2n) is 4.58. The van der Waals surface area contributed by atoms with Crippen LogP contribution in [0.5, 0.6) is 0 Å². The molecule has 17 heavy (non-hydrogen) atoms. The van der Waals surface area contributed by atoms with Gasteiger partial charge in [-0.1, -0.05) is 24.3 Å². The van der Waals surface area contributed by atoms with E-state index in [1.165, 1.54) is 11.1 Å². The molecule has 3 heteroatoms. The Kier molecular flexibility index (Phi) is 2.73. The van der Waals surface area contributed by atoms with Crippen LogP contribution < -0.4 is 0 Å². The fourth-order valence-corrected chi connectivity index (χ4v) is 3.52. The van der Waals surface area contributed by atoms with Crippen molar-refractivity contribution in [3.8, 4) is 0 Å². The number of aromatic nitrogens is 1. The summed E-state index contributed by atoms with van der Waals surface area (Å²) < 4.78 is 0. The van der Waals surface area contributed by atoms with Gasteiger partial charge in [0.15, 0.2) is 0 Å². The van der Waals surface area contributed by atoms with E-state index in [9.17, 15) is 5.11 Å². The first-order chi connectivity index (χ1) is 8.25. The van der Waals surface area contributed by atoms with Crippen molar-refractivity contribution in [1.82, 2.24) is 4.98 Å². The van der Waals surface area contributed by atoms with Crippen LogP contribution in [0.1, 0.15) is 47.2 Å². The molecule has 88 valence electrons. The molecule has 0 spiro atoms. The number of hydrogen-bond acceptors (Lipinski definition) is 3. The summed E-state index contributed by atoms with van der Waals surface area (Å²) in [4.78, 5) is 4.56. The summed E-state index contributed by atoms with van der Waals surface area (Å²) >= 11 is 1.67. The van der Waals surface area contributed by atoms with Gasteiger partial charge in [-0.15, -0.1) is 11.3 Å². The molecule has 0 radical (unpaired) electrons. The number of benzene rings is 1. The summed E-state index contributed by atoms with van der Waals surface area (Å²) in [6.07, 6.45) is 1.83. The lowest BCUT2D eigenvalue weighted by Crippen LogP contribution is -1.97. The fourth-order valence-electron chi connectivity index (χ4n) is 2.47. The van der Waals surface area contributed by atoms with Gasteiger partial charge in [0.25, 0.3) is 0 Å². The Morgan fingerprint density at radius 3 is 3.00 bits per heavy atom. The molecular formula is C14H15NOS. The predicted molar refractivity (Wildman–Crippen MR) is 69.4 cm³/mol. The van der Waals surface area contributed by atoms with Crippen molar-refractivity contribution in [3.05, 3.63) is 51.5 Å². The van der Waals surface area contributed by atoms with E-state index in [2.05, 4.69) is 29.2 Å². The molecule has 2 unspecified atom stereocenters.